The summed E-state index contributed by atoms with van der Waals surface area (Å²) in [6.07, 6.45) is 1.12. The maximum Gasteiger partial charge on any atom is 0.268 e. The second-order valence-corrected chi connectivity index (χ2v) is 6.17. The van der Waals surface area contributed by atoms with Gasteiger partial charge in [0.15, 0.2) is 0 Å². The van der Waals surface area contributed by atoms with Crippen LogP contribution in [0.1, 0.15) is 34.9 Å². The number of carbonyl (C=O) groups excluding carboxylic acids is 2. The molecule has 0 radical (unpaired) electrons. The Bertz CT molecular complexity index is 786. The number of hydrogen-bond donors (Lipinski definition) is 1. The van der Waals surface area contributed by atoms with E-state index in [0.717, 1.165) is 18.4 Å². The van der Waals surface area contributed by atoms with Crippen LogP contribution in [-0.2, 0) is 4.79 Å². The molecule has 1 atom stereocenters. The molecule has 136 valence electrons. The van der Waals surface area contributed by atoms with Crippen molar-refractivity contribution in [1.29, 1.82) is 0 Å². The molecule has 3 rings (SSSR count). The van der Waals surface area contributed by atoms with Gasteiger partial charge in [0.05, 0.1) is 12.7 Å². The summed E-state index contributed by atoms with van der Waals surface area (Å²) < 4.78 is 11.2. The van der Waals surface area contributed by atoms with Crippen LogP contribution >= 0.6 is 0 Å². The lowest BCUT2D eigenvalue weighted by molar-refractivity contribution is -0.138. The first-order valence-corrected chi connectivity index (χ1v) is 8.58. The molecular formula is C20H22N2O4. The van der Waals surface area contributed by atoms with E-state index in [1.54, 1.807) is 23.1 Å². The van der Waals surface area contributed by atoms with Crippen LogP contribution in [0.15, 0.2) is 48.5 Å². The van der Waals surface area contributed by atoms with Gasteiger partial charge in [0.2, 0.25) is 6.10 Å². The zero-order chi connectivity index (χ0) is 18.5. The predicted octanol–water partition coefficient (Wildman–Crippen LogP) is 2.54. The molecule has 0 bridgehead atoms. The van der Waals surface area contributed by atoms with Crippen LogP contribution in [0.5, 0.6) is 11.5 Å². The molecule has 6 nitrogen and oxygen atoms in total. The van der Waals surface area contributed by atoms with E-state index in [9.17, 15) is 9.59 Å². The van der Waals surface area contributed by atoms with Crippen molar-refractivity contribution in [1.82, 2.24) is 4.90 Å². The molecule has 1 heterocycles. The second kappa shape index (κ2) is 7.91. The molecule has 1 saturated heterocycles. The third kappa shape index (κ3) is 3.79. The molecule has 1 unspecified atom stereocenters. The molecule has 2 N–H and O–H groups in total. The number of rotatable bonds is 6. The maximum atomic E-state index is 13.0. The molecule has 2 amide bonds. The van der Waals surface area contributed by atoms with Gasteiger partial charge in [-0.25, -0.2) is 0 Å². The molecule has 2 aromatic rings. The van der Waals surface area contributed by atoms with Gasteiger partial charge in [-0.05, 0) is 25.0 Å². The fourth-order valence-electron chi connectivity index (χ4n) is 3.05. The Morgan fingerprint density at radius 2 is 1.77 bits per heavy atom. The zero-order valence-corrected chi connectivity index (χ0v) is 14.7. The van der Waals surface area contributed by atoms with Crippen LogP contribution in [0.2, 0.25) is 0 Å². The highest BCUT2D eigenvalue weighted by molar-refractivity contribution is 5.96. The lowest BCUT2D eigenvalue weighted by Gasteiger charge is -2.25. The normalized spacial score (nSPS) is 14.7. The van der Waals surface area contributed by atoms with Crippen molar-refractivity contribution >= 4 is 11.8 Å². The highest BCUT2D eigenvalue weighted by atomic mass is 16.5. The molecule has 0 saturated carbocycles. The van der Waals surface area contributed by atoms with E-state index in [1.807, 2.05) is 30.3 Å². The van der Waals surface area contributed by atoms with E-state index >= 15 is 0 Å². The number of carbonyl (C=O) groups is 2. The van der Waals surface area contributed by atoms with Crippen molar-refractivity contribution in [2.45, 2.75) is 18.9 Å². The number of methoxy groups -OCH3 is 1. The summed E-state index contributed by atoms with van der Waals surface area (Å²) in [4.78, 5) is 26.6. The highest BCUT2D eigenvalue weighted by Gasteiger charge is 2.30. The van der Waals surface area contributed by atoms with E-state index in [2.05, 4.69) is 0 Å². The molecule has 0 aliphatic carbocycles. The third-order valence-electron chi connectivity index (χ3n) is 4.44. The van der Waals surface area contributed by atoms with Gasteiger partial charge >= 0.3 is 0 Å². The molecular weight excluding hydrogens is 332 g/mol. The summed E-state index contributed by atoms with van der Waals surface area (Å²) in [5.41, 5.74) is 6.40. The molecule has 2 aromatic carbocycles. The lowest BCUT2D eigenvalue weighted by Crippen LogP contribution is -2.35. The van der Waals surface area contributed by atoms with Crippen molar-refractivity contribution in [2.75, 3.05) is 20.2 Å². The number of amides is 2. The average Bonchev–Trinajstić information content (AvgIpc) is 3.20. The lowest BCUT2D eigenvalue weighted by atomic mass is 10.1. The summed E-state index contributed by atoms with van der Waals surface area (Å²) in [7, 11) is 1.52. The Labute approximate surface area is 152 Å². The minimum Gasteiger partial charge on any atom is -0.497 e. The zero-order valence-electron chi connectivity index (χ0n) is 14.7. The molecule has 0 spiro atoms. The first-order chi connectivity index (χ1) is 12.6. The van der Waals surface area contributed by atoms with Crippen molar-refractivity contribution in [3.8, 4) is 11.5 Å². The summed E-state index contributed by atoms with van der Waals surface area (Å²) >= 11 is 0. The first kappa shape index (κ1) is 17.8. The SMILES string of the molecule is COc1ccc(C(N)=O)c(OC(C(=O)N2CCCC2)c2ccccc2)c1. The van der Waals surface area contributed by atoms with Gasteiger partial charge in [-0.1, -0.05) is 30.3 Å². The van der Waals surface area contributed by atoms with Gasteiger partial charge in [0, 0.05) is 24.7 Å². The van der Waals surface area contributed by atoms with E-state index in [1.165, 1.54) is 7.11 Å². The maximum absolute atomic E-state index is 13.0. The number of hydrogen-bond acceptors (Lipinski definition) is 4. The van der Waals surface area contributed by atoms with Crippen LogP contribution in [0, 0.1) is 0 Å². The molecule has 1 aliphatic heterocycles. The van der Waals surface area contributed by atoms with Crippen LogP contribution in [0.25, 0.3) is 0 Å². The van der Waals surface area contributed by atoms with Crippen molar-refractivity contribution in [3.63, 3.8) is 0 Å². The van der Waals surface area contributed by atoms with Gasteiger partial charge < -0.3 is 20.1 Å². The van der Waals surface area contributed by atoms with Crippen LogP contribution in [0.3, 0.4) is 0 Å². The first-order valence-electron chi connectivity index (χ1n) is 8.58. The molecule has 26 heavy (non-hydrogen) atoms. The summed E-state index contributed by atoms with van der Waals surface area (Å²) in [6, 6.07) is 14.0. The minimum absolute atomic E-state index is 0.119. The number of primary amides is 1. The largest absolute Gasteiger partial charge is 0.497 e. The van der Waals surface area contributed by atoms with E-state index in [4.69, 9.17) is 15.2 Å². The van der Waals surface area contributed by atoms with Crippen LogP contribution in [0.4, 0.5) is 0 Å². The van der Waals surface area contributed by atoms with Crippen molar-refractivity contribution in [3.05, 3.63) is 59.7 Å². The third-order valence-corrected chi connectivity index (χ3v) is 4.44. The van der Waals surface area contributed by atoms with E-state index in [-0.39, 0.29) is 17.2 Å². The monoisotopic (exact) mass is 354 g/mol. The highest BCUT2D eigenvalue weighted by Crippen LogP contribution is 2.31. The van der Waals surface area contributed by atoms with Crippen LogP contribution < -0.4 is 15.2 Å². The Morgan fingerprint density at radius 1 is 1.08 bits per heavy atom. The van der Waals surface area contributed by atoms with Crippen molar-refractivity contribution < 1.29 is 19.1 Å². The summed E-state index contributed by atoms with van der Waals surface area (Å²) in [5, 5.41) is 0. The molecule has 6 heteroatoms. The molecule has 1 aliphatic rings. The van der Waals surface area contributed by atoms with E-state index in [0.29, 0.717) is 18.8 Å². The Kier molecular flexibility index (Phi) is 5.41. The quantitative estimate of drug-likeness (QED) is 0.864. The van der Waals surface area contributed by atoms with Gasteiger partial charge in [-0.2, -0.15) is 0 Å². The van der Waals surface area contributed by atoms with Gasteiger partial charge in [0.1, 0.15) is 11.5 Å². The number of benzene rings is 2. The minimum atomic E-state index is -0.848. The van der Waals surface area contributed by atoms with Crippen molar-refractivity contribution in [2.24, 2.45) is 5.73 Å². The van der Waals surface area contributed by atoms with Gasteiger partial charge in [0.25, 0.3) is 11.8 Å². The Hall–Kier alpha value is -3.02. The number of ether oxygens (including phenoxy) is 2. The topological polar surface area (TPSA) is 81.9 Å². The van der Waals surface area contributed by atoms with Gasteiger partial charge in [-0.3, -0.25) is 9.59 Å². The Balaban J connectivity index is 1.98. The Morgan fingerprint density at radius 3 is 2.38 bits per heavy atom. The smallest absolute Gasteiger partial charge is 0.268 e. The fourth-order valence-corrected chi connectivity index (χ4v) is 3.05. The number of nitrogens with zero attached hydrogens (tertiary/aromatic N) is 1. The average molecular weight is 354 g/mol. The van der Waals surface area contributed by atoms with Crippen LogP contribution in [-0.4, -0.2) is 36.9 Å². The molecule has 0 aromatic heterocycles. The number of likely N-dealkylation sites (tertiary alicyclic amines) is 1. The van der Waals surface area contributed by atoms with Gasteiger partial charge in [-0.15, -0.1) is 0 Å². The van der Waals surface area contributed by atoms with E-state index < -0.39 is 12.0 Å². The molecule has 1 fully saturated rings. The second-order valence-electron chi connectivity index (χ2n) is 6.17. The predicted molar refractivity (Wildman–Crippen MR) is 97.1 cm³/mol. The standard InChI is InChI=1S/C20H22N2O4/c1-25-15-9-10-16(19(21)23)17(13-15)26-18(14-7-3-2-4-8-14)20(24)22-11-5-6-12-22/h2-4,7-10,13,18H,5-6,11-12H2,1H3,(H2,21,23). The summed E-state index contributed by atoms with van der Waals surface area (Å²) in [6.45, 7) is 1.43. The number of nitrogens with two attached hydrogens (primary N) is 1. The summed E-state index contributed by atoms with van der Waals surface area (Å²) in [5.74, 6) is 0.0127. The fraction of sp³-hybridized carbons (Fsp3) is 0.300.